The van der Waals surface area contributed by atoms with Gasteiger partial charge in [-0.2, -0.15) is 0 Å². The molecular formula is C11H8N4O. The number of hydrogen-bond donors (Lipinski definition) is 2. The van der Waals surface area contributed by atoms with Gasteiger partial charge in [0.2, 0.25) is 0 Å². The number of phenolic OH excluding ortho intramolecular Hbond substituents is 1. The van der Waals surface area contributed by atoms with Crippen LogP contribution in [0.25, 0.3) is 22.6 Å². The summed E-state index contributed by atoms with van der Waals surface area (Å²) in [5, 5.41) is 9.38. The second-order valence-electron chi connectivity index (χ2n) is 3.40. The molecule has 0 aliphatic rings. The molecule has 0 saturated carbocycles. The van der Waals surface area contributed by atoms with Crippen LogP contribution in [0.15, 0.2) is 36.8 Å². The van der Waals surface area contributed by atoms with Gasteiger partial charge in [0.25, 0.3) is 0 Å². The summed E-state index contributed by atoms with van der Waals surface area (Å²) in [6.45, 7) is 0. The molecule has 1 aromatic carbocycles. The Morgan fingerprint density at radius 2 is 2.19 bits per heavy atom. The molecule has 78 valence electrons. The lowest BCUT2D eigenvalue weighted by atomic mass is 10.2. The molecule has 0 spiro atoms. The number of phenols is 1. The molecule has 0 fully saturated rings. The SMILES string of the molecule is Oc1cccc(-c2nc3ncncc3[nH]2)c1. The fourth-order valence-corrected chi connectivity index (χ4v) is 1.55. The van der Waals surface area contributed by atoms with E-state index in [9.17, 15) is 5.11 Å². The number of rotatable bonds is 1. The molecule has 3 rings (SSSR count). The van der Waals surface area contributed by atoms with Crippen LogP contribution in [0.4, 0.5) is 0 Å². The first kappa shape index (κ1) is 8.84. The monoisotopic (exact) mass is 212 g/mol. The molecule has 16 heavy (non-hydrogen) atoms. The number of aromatic amines is 1. The zero-order chi connectivity index (χ0) is 11.0. The summed E-state index contributed by atoms with van der Waals surface area (Å²) in [4.78, 5) is 15.3. The van der Waals surface area contributed by atoms with Crippen molar-refractivity contribution in [3.63, 3.8) is 0 Å². The molecule has 2 aromatic heterocycles. The number of imidazole rings is 1. The Bertz CT molecular complexity index is 614. The van der Waals surface area contributed by atoms with Crippen LogP contribution in [0.5, 0.6) is 5.75 Å². The topological polar surface area (TPSA) is 74.7 Å². The largest absolute Gasteiger partial charge is 0.508 e. The van der Waals surface area contributed by atoms with Crippen LogP contribution < -0.4 is 0 Å². The highest BCUT2D eigenvalue weighted by molar-refractivity contribution is 5.74. The zero-order valence-electron chi connectivity index (χ0n) is 8.25. The van der Waals surface area contributed by atoms with E-state index in [0.717, 1.165) is 11.1 Å². The minimum absolute atomic E-state index is 0.212. The van der Waals surface area contributed by atoms with E-state index in [4.69, 9.17) is 0 Å². The van der Waals surface area contributed by atoms with Crippen LogP contribution in [0.2, 0.25) is 0 Å². The van der Waals surface area contributed by atoms with E-state index in [0.29, 0.717) is 11.5 Å². The Hall–Kier alpha value is -2.43. The molecule has 2 N–H and O–H groups in total. The molecule has 0 amide bonds. The van der Waals surface area contributed by atoms with Crippen molar-refractivity contribution in [3.05, 3.63) is 36.8 Å². The number of nitrogens with one attached hydrogen (secondary N) is 1. The van der Waals surface area contributed by atoms with Gasteiger partial charge in [0.05, 0.1) is 6.20 Å². The number of aromatic hydroxyl groups is 1. The molecule has 0 bridgehead atoms. The zero-order valence-corrected chi connectivity index (χ0v) is 8.25. The molecule has 0 atom stereocenters. The van der Waals surface area contributed by atoms with Gasteiger partial charge in [-0.3, -0.25) is 0 Å². The molecule has 0 saturated heterocycles. The summed E-state index contributed by atoms with van der Waals surface area (Å²) >= 11 is 0. The van der Waals surface area contributed by atoms with Crippen molar-refractivity contribution in [1.29, 1.82) is 0 Å². The summed E-state index contributed by atoms with van der Waals surface area (Å²) in [7, 11) is 0. The van der Waals surface area contributed by atoms with E-state index in [1.165, 1.54) is 6.33 Å². The van der Waals surface area contributed by atoms with Crippen LogP contribution in [0.3, 0.4) is 0 Å². The highest BCUT2D eigenvalue weighted by atomic mass is 16.3. The van der Waals surface area contributed by atoms with Crippen LogP contribution >= 0.6 is 0 Å². The fraction of sp³-hybridized carbons (Fsp3) is 0. The van der Waals surface area contributed by atoms with Gasteiger partial charge in [0.1, 0.15) is 23.4 Å². The summed E-state index contributed by atoms with van der Waals surface area (Å²) in [5.74, 6) is 0.885. The van der Waals surface area contributed by atoms with Crippen molar-refractivity contribution in [2.24, 2.45) is 0 Å². The maximum absolute atomic E-state index is 9.38. The quantitative estimate of drug-likeness (QED) is 0.644. The molecular weight excluding hydrogens is 204 g/mol. The van der Waals surface area contributed by atoms with Gasteiger partial charge in [-0.25, -0.2) is 15.0 Å². The van der Waals surface area contributed by atoms with Crippen molar-refractivity contribution in [3.8, 4) is 17.1 Å². The second-order valence-corrected chi connectivity index (χ2v) is 3.40. The van der Waals surface area contributed by atoms with Gasteiger partial charge in [-0.15, -0.1) is 0 Å². The van der Waals surface area contributed by atoms with Gasteiger partial charge in [-0.05, 0) is 12.1 Å². The Morgan fingerprint density at radius 3 is 3.00 bits per heavy atom. The fourth-order valence-electron chi connectivity index (χ4n) is 1.55. The van der Waals surface area contributed by atoms with Crippen molar-refractivity contribution >= 4 is 11.2 Å². The molecule has 5 heteroatoms. The second kappa shape index (κ2) is 3.30. The summed E-state index contributed by atoms with van der Waals surface area (Å²) in [6.07, 6.45) is 3.12. The van der Waals surface area contributed by atoms with E-state index in [1.54, 1.807) is 24.4 Å². The standard InChI is InChI=1S/C11H8N4O/c16-8-3-1-2-7(4-8)10-14-9-5-12-6-13-11(9)15-10/h1-6,16H,(H,12,13,14,15). The van der Waals surface area contributed by atoms with Gasteiger partial charge in [0, 0.05) is 5.56 Å². The van der Waals surface area contributed by atoms with Crippen molar-refractivity contribution in [2.75, 3.05) is 0 Å². The lowest BCUT2D eigenvalue weighted by Crippen LogP contribution is -1.79. The van der Waals surface area contributed by atoms with E-state index in [-0.39, 0.29) is 5.75 Å². The van der Waals surface area contributed by atoms with Gasteiger partial charge < -0.3 is 10.1 Å². The molecule has 0 aliphatic carbocycles. The molecule has 0 radical (unpaired) electrons. The molecule has 2 heterocycles. The van der Waals surface area contributed by atoms with Crippen LogP contribution in [0.1, 0.15) is 0 Å². The number of nitrogens with zero attached hydrogens (tertiary/aromatic N) is 3. The Balaban J connectivity index is 2.19. The van der Waals surface area contributed by atoms with Crippen molar-refractivity contribution in [1.82, 2.24) is 19.9 Å². The molecule has 0 unspecified atom stereocenters. The minimum Gasteiger partial charge on any atom is -0.508 e. The lowest BCUT2D eigenvalue weighted by molar-refractivity contribution is 0.475. The lowest BCUT2D eigenvalue weighted by Gasteiger charge is -1.96. The third-order valence-electron chi connectivity index (χ3n) is 2.28. The first-order valence-electron chi connectivity index (χ1n) is 4.78. The predicted molar refractivity (Wildman–Crippen MR) is 58.8 cm³/mol. The van der Waals surface area contributed by atoms with E-state index >= 15 is 0 Å². The number of fused-ring (bicyclic) bond motifs is 1. The Kier molecular flexibility index (Phi) is 1.83. The Labute approximate surface area is 90.8 Å². The van der Waals surface area contributed by atoms with Crippen molar-refractivity contribution in [2.45, 2.75) is 0 Å². The Morgan fingerprint density at radius 1 is 1.25 bits per heavy atom. The van der Waals surface area contributed by atoms with Gasteiger partial charge >= 0.3 is 0 Å². The number of benzene rings is 1. The normalized spacial score (nSPS) is 10.8. The number of aromatic nitrogens is 4. The molecule has 0 aliphatic heterocycles. The van der Waals surface area contributed by atoms with Crippen molar-refractivity contribution < 1.29 is 5.11 Å². The summed E-state index contributed by atoms with van der Waals surface area (Å²) in [5.41, 5.74) is 2.21. The summed E-state index contributed by atoms with van der Waals surface area (Å²) in [6, 6.07) is 6.89. The molecule has 3 aromatic rings. The minimum atomic E-state index is 0.212. The number of H-pyrrole nitrogens is 1. The maximum atomic E-state index is 9.38. The molecule has 5 nitrogen and oxygen atoms in total. The summed E-state index contributed by atoms with van der Waals surface area (Å²) < 4.78 is 0. The third-order valence-corrected chi connectivity index (χ3v) is 2.28. The van der Waals surface area contributed by atoms with Crippen LogP contribution in [-0.2, 0) is 0 Å². The maximum Gasteiger partial charge on any atom is 0.181 e. The highest BCUT2D eigenvalue weighted by Crippen LogP contribution is 2.21. The average Bonchev–Trinajstić information content (AvgIpc) is 2.72. The van der Waals surface area contributed by atoms with Gasteiger partial charge in [-0.1, -0.05) is 12.1 Å². The van der Waals surface area contributed by atoms with Crippen LogP contribution in [0, 0.1) is 0 Å². The number of hydrogen-bond acceptors (Lipinski definition) is 4. The van der Waals surface area contributed by atoms with Gasteiger partial charge in [0.15, 0.2) is 5.65 Å². The van der Waals surface area contributed by atoms with E-state index in [1.807, 2.05) is 6.07 Å². The first-order chi connectivity index (χ1) is 7.83. The third kappa shape index (κ3) is 1.38. The highest BCUT2D eigenvalue weighted by Gasteiger charge is 2.05. The van der Waals surface area contributed by atoms with E-state index in [2.05, 4.69) is 19.9 Å². The van der Waals surface area contributed by atoms with E-state index < -0.39 is 0 Å². The van der Waals surface area contributed by atoms with Crippen LogP contribution in [-0.4, -0.2) is 25.0 Å². The average molecular weight is 212 g/mol. The smallest absolute Gasteiger partial charge is 0.181 e. The first-order valence-corrected chi connectivity index (χ1v) is 4.78. The predicted octanol–water partition coefficient (Wildman–Crippen LogP) is 1.73.